The minimum Gasteiger partial charge on any atom is -0.448 e. The number of ether oxygens (including phenoxy) is 1. The first-order chi connectivity index (χ1) is 13.7. The van der Waals surface area contributed by atoms with Crippen LogP contribution in [-0.4, -0.2) is 37.0 Å². The number of rotatable bonds is 6. The number of anilines is 2. The molecule has 1 N–H and O–H groups in total. The van der Waals surface area contributed by atoms with Gasteiger partial charge in [0.2, 0.25) is 0 Å². The second-order valence-electron chi connectivity index (χ2n) is 6.57. The molecule has 0 fully saturated rings. The lowest BCUT2D eigenvalue weighted by atomic mass is 10.2. The predicted octanol–water partition coefficient (Wildman–Crippen LogP) is 4.06. The van der Waals surface area contributed by atoms with Gasteiger partial charge in [0.05, 0.1) is 4.92 Å². The first kappa shape index (κ1) is 20.3. The van der Waals surface area contributed by atoms with Crippen LogP contribution in [0.3, 0.4) is 0 Å². The topological polar surface area (TPSA) is 102 Å². The summed E-state index contributed by atoms with van der Waals surface area (Å²) in [6.07, 6.45) is -1.00. The van der Waals surface area contributed by atoms with Gasteiger partial charge >= 0.3 is 5.97 Å². The van der Waals surface area contributed by atoms with Gasteiger partial charge in [-0.3, -0.25) is 14.9 Å². The third kappa shape index (κ3) is 4.69. The maximum absolute atomic E-state index is 12.4. The fourth-order valence-electron chi connectivity index (χ4n) is 2.60. The first-order valence-corrected chi connectivity index (χ1v) is 9.53. The Kier molecular flexibility index (Phi) is 5.79. The lowest BCUT2D eigenvalue weighted by Gasteiger charge is -2.15. The lowest BCUT2D eigenvalue weighted by molar-refractivity contribution is -0.384. The normalized spacial score (nSPS) is 11.7. The zero-order chi connectivity index (χ0) is 21.1. The summed E-state index contributed by atoms with van der Waals surface area (Å²) in [7, 11) is 3.84. The van der Waals surface area contributed by atoms with Crippen molar-refractivity contribution in [1.29, 1.82) is 0 Å². The van der Waals surface area contributed by atoms with E-state index in [1.807, 2.05) is 31.1 Å². The van der Waals surface area contributed by atoms with Crippen molar-refractivity contribution in [1.82, 2.24) is 0 Å². The summed E-state index contributed by atoms with van der Waals surface area (Å²) in [5.41, 5.74) is 1.54. The average Bonchev–Trinajstić information content (AvgIpc) is 3.11. The maximum atomic E-state index is 12.4. The quantitative estimate of drug-likeness (QED) is 0.371. The van der Waals surface area contributed by atoms with Gasteiger partial charge in [-0.1, -0.05) is 0 Å². The summed E-state index contributed by atoms with van der Waals surface area (Å²) in [5.74, 6) is -1.10. The molecule has 1 amide bonds. The second-order valence-corrected chi connectivity index (χ2v) is 7.65. The Morgan fingerprint density at radius 3 is 2.45 bits per heavy atom. The number of benzene rings is 2. The van der Waals surface area contributed by atoms with Crippen LogP contribution in [0.25, 0.3) is 10.1 Å². The molecule has 1 unspecified atom stereocenters. The number of nitro groups is 1. The summed E-state index contributed by atoms with van der Waals surface area (Å²) in [6, 6.07) is 13.1. The Morgan fingerprint density at radius 1 is 1.14 bits per heavy atom. The molecule has 1 heterocycles. The van der Waals surface area contributed by atoms with Gasteiger partial charge in [-0.2, -0.15) is 0 Å². The molecule has 0 aliphatic rings. The Bertz CT molecular complexity index is 1080. The lowest BCUT2D eigenvalue weighted by Crippen LogP contribution is -2.29. The van der Waals surface area contributed by atoms with E-state index in [2.05, 4.69) is 5.32 Å². The molecule has 150 valence electrons. The molecular formula is C20H19N3O5S. The van der Waals surface area contributed by atoms with E-state index < -0.39 is 22.9 Å². The molecule has 1 atom stereocenters. The summed E-state index contributed by atoms with van der Waals surface area (Å²) in [4.78, 5) is 37.3. The number of nitro benzene ring substituents is 1. The van der Waals surface area contributed by atoms with Gasteiger partial charge in [0.25, 0.3) is 11.6 Å². The van der Waals surface area contributed by atoms with E-state index in [1.54, 1.807) is 18.2 Å². The molecule has 8 nitrogen and oxygen atoms in total. The molecule has 0 saturated heterocycles. The van der Waals surface area contributed by atoms with E-state index in [0.717, 1.165) is 21.7 Å². The van der Waals surface area contributed by atoms with Crippen molar-refractivity contribution in [3.05, 3.63) is 63.5 Å². The number of thiophene rings is 1. The molecule has 29 heavy (non-hydrogen) atoms. The molecule has 0 radical (unpaired) electrons. The van der Waals surface area contributed by atoms with Crippen molar-refractivity contribution in [3.8, 4) is 0 Å². The van der Waals surface area contributed by atoms with Crippen LogP contribution >= 0.6 is 11.3 Å². The zero-order valence-electron chi connectivity index (χ0n) is 16.0. The van der Waals surface area contributed by atoms with Crippen LogP contribution in [0.2, 0.25) is 0 Å². The summed E-state index contributed by atoms with van der Waals surface area (Å²) < 4.78 is 5.98. The fourth-order valence-corrected chi connectivity index (χ4v) is 3.53. The van der Waals surface area contributed by atoms with Gasteiger partial charge in [-0.15, -0.1) is 11.3 Å². The van der Waals surface area contributed by atoms with E-state index in [-0.39, 0.29) is 10.6 Å². The highest BCUT2D eigenvalue weighted by Gasteiger charge is 2.21. The third-order valence-corrected chi connectivity index (χ3v) is 5.31. The van der Waals surface area contributed by atoms with Crippen LogP contribution in [0.1, 0.15) is 16.6 Å². The van der Waals surface area contributed by atoms with Crippen LogP contribution in [0.5, 0.6) is 0 Å². The van der Waals surface area contributed by atoms with Crippen LogP contribution < -0.4 is 10.2 Å². The molecular weight excluding hydrogens is 394 g/mol. The number of amides is 1. The number of nitrogens with one attached hydrogen (secondary N) is 1. The number of carbonyl (C=O) groups is 2. The summed E-state index contributed by atoms with van der Waals surface area (Å²) in [6.45, 7) is 1.49. The smallest absolute Gasteiger partial charge is 0.349 e. The second kappa shape index (κ2) is 8.27. The SMILES string of the molecule is CC(OC(=O)c1cc2cc([N+](=O)[O-])ccc2s1)C(=O)Nc1ccc(N(C)C)cc1. The predicted molar refractivity (Wildman–Crippen MR) is 113 cm³/mol. The van der Waals surface area contributed by atoms with Gasteiger partial charge in [0.1, 0.15) is 4.88 Å². The fraction of sp³-hybridized carbons (Fsp3) is 0.200. The Labute approximate surface area is 170 Å². The van der Waals surface area contributed by atoms with Crippen molar-refractivity contribution < 1.29 is 19.2 Å². The van der Waals surface area contributed by atoms with Crippen LogP contribution in [-0.2, 0) is 9.53 Å². The van der Waals surface area contributed by atoms with E-state index in [9.17, 15) is 19.7 Å². The minimum absolute atomic E-state index is 0.0525. The maximum Gasteiger partial charge on any atom is 0.349 e. The number of hydrogen-bond donors (Lipinski definition) is 1. The highest BCUT2D eigenvalue weighted by Crippen LogP contribution is 2.29. The molecule has 9 heteroatoms. The van der Waals surface area contributed by atoms with Gasteiger partial charge in [0, 0.05) is 47.7 Å². The largest absolute Gasteiger partial charge is 0.448 e. The van der Waals surface area contributed by atoms with Crippen LogP contribution in [0.15, 0.2) is 48.5 Å². The standard InChI is InChI=1S/C20H19N3O5S/c1-12(19(24)21-14-4-6-15(7-5-14)22(2)3)28-20(25)18-11-13-10-16(23(26)27)8-9-17(13)29-18/h4-12H,1-3H3,(H,21,24). The minimum atomic E-state index is -1.00. The van der Waals surface area contributed by atoms with Crippen molar-refractivity contribution in [2.75, 3.05) is 24.3 Å². The van der Waals surface area contributed by atoms with Gasteiger partial charge < -0.3 is 15.0 Å². The Hall–Kier alpha value is -3.46. The molecule has 0 aliphatic carbocycles. The monoisotopic (exact) mass is 413 g/mol. The highest BCUT2D eigenvalue weighted by molar-refractivity contribution is 7.20. The van der Waals surface area contributed by atoms with E-state index >= 15 is 0 Å². The Morgan fingerprint density at radius 2 is 1.83 bits per heavy atom. The van der Waals surface area contributed by atoms with Gasteiger partial charge in [-0.05, 0) is 43.3 Å². The number of esters is 1. The number of carbonyl (C=O) groups excluding carboxylic acids is 2. The molecule has 0 saturated carbocycles. The van der Waals surface area contributed by atoms with E-state index in [0.29, 0.717) is 11.1 Å². The zero-order valence-corrected chi connectivity index (χ0v) is 16.9. The number of hydrogen-bond acceptors (Lipinski definition) is 7. The third-order valence-electron chi connectivity index (χ3n) is 4.22. The van der Waals surface area contributed by atoms with Crippen molar-refractivity contribution in [3.63, 3.8) is 0 Å². The van der Waals surface area contributed by atoms with E-state index in [4.69, 9.17) is 4.74 Å². The van der Waals surface area contributed by atoms with Crippen molar-refractivity contribution >= 4 is 50.4 Å². The molecule has 3 rings (SSSR count). The van der Waals surface area contributed by atoms with Crippen LogP contribution in [0, 0.1) is 10.1 Å². The Balaban J connectivity index is 1.65. The molecule has 0 bridgehead atoms. The van der Waals surface area contributed by atoms with E-state index in [1.165, 1.54) is 25.1 Å². The molecule has 1 aromatic heterocycles. The van der Waals surface area contributed by atoms with Crippen molar-refractivity contribution in [2.24, 2.45) is 0 Å². The molecule has 2 aromatic carbocycles. The molecule has 0 aliphatic heterocycles. The average molecular weight is 413 g/mol. The first-order valence-electron chi connectivity index (χ1n) is 8.72. The summed E-state index contributed by atoms with van der Waals surface area (Å²) in [5, 5.41) is 14.2. The van der Waals surface area contributed by atoms with Gasteiger partial charge in [-0.25, -0.2) is 4.79 Å². The number of fused-ring (bicyclic) bond motifs is 1. The van der Waals surface area contributed by atoms with Crippen molar-refractivity contribution in [2.45, 2.75) is 13.0 Å². The number of non-ortho nitro benzene ring substituents is 1. The van der Waals surface area contributed by atoms with Gasteiger partial charge in [0.15, 0.2) is 6.10 Å². The summed E-state index contributed by atoms with van der Waals surface area (Å²) >= 11 is 1.15. The molecule has 0 spiro atoms. The molecule has 3 aromatic rings. The van der Waals surface area contributed by atoms with Crippen LogP contribution in [0.4, 0.5) is 17.1 Å². The number of nitrogens with zero attached hydrogens (tertiary/aromatic N) is 2. The highest BCUT2D eigenvalue weighted by atomic mass is 32.1.